The van der Waals surface area contributed by atoms with Crippen LogP contribution in [0.3, 0.4) is 0 Å². The Morgan fingerprint density at radius 3 is 2.56 bits per heavy atom. The molecular formula is C14H28N2. The maximum atomic E-state index is 3.83. The zero-order valence-electron chi connectivity index (χ0n) is 11.4. The molecule has 2 fully saturated rings. The summed E-state index contributed by atoms with van der Waals surface area (Å²) in [7, 11) is 0. The van der Waals surface area contributed by atoms with E-state index in [0.717, 1.165) is 18.0 Å². The first-order valence-corrected chi connectivity index (χ1v) is 7.11. The van der Waals surface area contributed by atoms with E-state index >= 15 is 0 Å². The molecule has 2 nitrogen and oxygen atoms in total. The maximum absolute atomic E-state index is 3.83. The predicted molar refractivity (Wildman–Crippen MR) is 69.7 cm³/mol. The van der Waals surface area contributed by atoms with Crippen molar-refractivity contribution in [3.8, 4) is 0 Å². The molecule has 2 heteroatoms. The second-order valence-electron chi connectivity index (χ2n) is 6.06. The van der Waals surface area contributed by atoms with Crippen LogP contribution < -0.4 is 5.32 Å². The summed E-state index contributed by atoms with van der Waals surface area (Å²) in [5, 5.41) is 3.83. The maximum Gasteiger partial charge on any atom is 0.0309 e. The number of rotatable bonds is 4. The third-order valence-corrected chi connectivity index (χ3v) is 4.83. The summed E-state index contributed by atoms with van der Waals surface area (Å²) in [6, 6.07) is 1.49. The molecule has 0 radical (unpaired) electrons. The van der Waals surface area contributed by atoms with Crippen molar-refractivity contribution in [1.29, 1.82) is 0 Å². The highest BCUT2D eigenvalue weighted by molar-refractivity contribution is 5.04. The van der Waals surface area contributed by atoms with Gasteiger partial charge in [0.2, 0.25) is 0 Å². The molecule has 1 aliphatic carbocycles. The van der Waals surface area contributed by atoms with Gasteiger partial charge in [-0.3, -0.25) is 4.90 Å². The van der Waals surface area contributed by atoms with Gasteiger partial charge >= 0.3 is 0 Å². The number of nitrogens with zero attached hydrogens (tertiary/aromatic N) is 1. The van der Waals surface area contributed by atoms with Gasteiger partial charge in [0.1, 0.15) is 0 Å². The van der Waals surface area contributed by atoms with E-state index in [0.29, 0.717) is 5.54 Å². The lowest BCUT2D eigenvalue weighted by molar-refractivity contribution is 0.0411. The molecule has 0 spiro atoms. The van der Waals surface area contributed by atoms with Crippen LogP contribution in [0.25, 0.3) is 0 Å². The summed E-state index contributed by atoms with van der Waals surface area (Å²) >= 11 is 0. The van der Waals surface area contributed by atoms with Crippen LogP contribution in [-0.4, -0.2) is 35.6 Å². The van der Waals surface area contributed by atoms with Crippen LogP contribution in [0, 0.1) is 5.92 Å². The van der Waals surface area contributed by atoms with Crippen molar-refractivity contribution in [3.05, 3.63) is 0 Å². The Kier molecular flexibility index (Phi) is 3.60. The van der Waals surface area contributed by atoms with E-state index in [2.05, 4.69) is 37.9 Å². The minimum Gasteiger partial charge on any atom is -0.308 e. The lowest BCUT2D eigenvalue weighted by atomic mass is 9.89. The second kappa shape index (κ2) is 4.66. The summed E-state index contributed by atoms with van der Waals surface area (Å²) in [6.45, 7) is 11.9. The summed E-state index contributed by atoms with van der Waals surface area (Å²) < 4.78 is 0. The van der Waals surface area contributed by atoms with Crippen LogP contribution in [-0.2, 0) is 0 Å². The third-order valence-electron chi connectivity index (χ3n) is 4.83. The van der Waals surface area contributed by atoms with Crippen molar-refractivity contribution in [1.82, 2.24) is 10.2 Å². The van der Waals surface area contributed by atoms with E-state index in [1.807, 2.05) is 0 Å². The van der Waals surface area contributed by atoms with Crippen LogP contribution in [0.2, 0.25) is 0 Å². The SMILES string of the molecule is CCC(C)N1CC(C)(C2CC2)NCC1CC. The molecule has 2 aliphatic rings. The Bertz CT molecular complexity index is 237. The highest BCUT2D eigenvalue weighted by atomic mass is 15.3. The fourth-order valence-corrected chi connectivity index (χ4v) is 3.16. The van der Waals surface area contributed by atoms with Gasteiger partial charge in [-0.25, -0.2) is 0 Å². The quantitative estimate of drug-likeness (QED) is 0.790. The van der Waals surface area contributed by atoms with E-state index in [9.17, 15) is 0 Å². The molecule has 0 aromatic heterocycles. The predicted octanol–water partition coefficient (Wildman–Crippen LogP) is 2.64. The minimum atomic E-state index is 0.398. The monoisotopic (exact) mass is 224 g/mol. The summed E-state index contributed by atoms with van der Waals surface area (Å²) in [5.41, 5.74) is 0.398. The first-order chi connectivity index (χ1) is 7.60. The number of piperazine rings is 1. The van der Waals surface area contributed by atoms with Crippen molar-refractivity contribution >= 4 is 0 Å². The molecule has 0 aromatic rings. The Morgan fingerprint density at radius 2 is 2.06 bits per heavy atom. The van der Waals surface area contributed by atoms with E-state index in [1.54, 1.807) is 0 Å². The Hall–Kier alpha value is -0.0800. The summed E-state index contributed by atoms with van der Waals surface area (Å²) in [4.78, 5) is 2.76. The molecule has 3 unspecified atom stereocenters. The Morgan fingerprint density at radius 1 is 1.38 bits per heavy atom. The van der Waals surface area contributed by atoms with Gasteiger partial charge in [-0.15, -0.1) is 0 Å². The zero-order valence-corrected chi connectivity index (χ0v) is 11.4. The molecule has 3 atom stereocenters. The van der Waals surface area contributed by atoms with Crippen molar-refractivity contribution in [2.75, 3.05) is 13.1 Å². The van der Waals surface area contributed by atoms with Crippen molar-refractivity contribution in [3.63, 3.8) is 0 Å². The summed E-state index contributed by atoms with van der Waals surface area (Å²) in [6.07, 6.45) is 5.43. The smallest absolute Gasteiger partial charge is 0.0309 e. The molecule has 94 valence electrons. The first kappa shape index (κ1) is 12.4. The van der Waals surface area contributed by atoms with Gasteiger partial charge in [0, 0.05) is 30.7 Å². The van der Waals surface area contributed by atoms with E-state index in [-0.39, 0.29) is 0 Å². The molecule has 0 bridgehead atoms. The molecular weight excluding hydrogens is 196 g/mol. The largest absolute Gasteiger partial charge is 0.308 e. The van der Waals surface area contributed by atoms with Gasteiger partial charge < -0.3 is 5.32 Å². The molecule has 0 amide bonds. The average Bonchev–Trinajstić information content (AvgIpc) is 3.12. The fourth-order valence-electron chi connectivity index (χ4n) is 3.16. The van der Waals surface area contributed by atoms with Gasteiger partial charge in [-0.05, 0) is 45.4 Å². The fraction of sp³-hybridized carbons (Fsp3) is 1.00. The van der Waals surface area contributed by atoms with Gasteiger partial charge in [0.05, 0.1) is 0 Å². The molecule has 1 heterocycles. The number of nitrogens with one attached hydrogen (secondary N) is 1. The Balaban J connectivity index is 2.05. The van der Waals surface area contributed by atoms with Crippen LogP contribution in [0.4, 0.5) is 0 Å². The van der Waals surface area contributed by atoms with Gasteiger partial charge in [0.15, 0.2) is 0 Å². The molecule has 1 saturated carbocycles. The zero-order chi connectivity index (χ0) is 11.8. The first-order valence-electron chi connectivity index (χ1n) is 7.11. The number of hydrogen-bond acceptors (Lipinski definition) is 2. The van der Waals surface area contributed by atoms with Crippen LogP contribution in [0.5, 0.6) is 0 Å². The number of hydrogen-bond donors (Lipinski definition) is 1. The molecule has 16 heavy (non-hydrogen) atoms. The van der Waals surface area contributed by atoms with E-state index in [1.165, 1.54) is 38.8 Å². The molecule has 1 aliphatic heterocycles. The van der Waals surface area contributed by atoms with E-state index < -0.39 is 0 Å². The third kappa shape index (κ3) is 2.28. The molecule has 1 saturated heterocycles. The highest BCUT2D eigenvalue weighted by Gasteiger charge is 2.46. The summed E-state index contributed by atoms with van der Waals surface area (Å²) in [5.74, 6) is 0.942. The van der Waals surface area contributed by atoms with Gasteiger partial charge in [-0.2, -0.15) is 0 Å². The molecule has 0 aromatic carbocycles. The topological polar surface area (TPSA) is 15.3 Å². The van der Waals surface area contributed by atoms with Gasteiger partial charge in [0.25, 0.3) is 0 Å². The van der Waals surface area contributed by atoms with Crippen molar-refractivity contribution in [2.45, 2.75) is 71.0 Å². The van der Waals surface area contributed by atoms with Crippen LogP contribution >= 0.6 is 0 Å². The van der Waals surface area contributed by atoms with Crippen molar-refractivity contribution in [2.24, 2.45) is 5.92 Å². The minimum absolute atomic E-state index is 0.398. The lowest BCUT2D eigenvalue weighted by Crippen LogP contribution is -2.65. The second-order valence-corrected chi connectivity index (χ2v) is 6.06. The molecule has 2 rings (SSSR count). The van der Waals surface area contributed by atoms with Crippen molar-refractivity contribution < 1.29 is 0 Å². The lowest BCUT2D eigenvalue weighted by Gasteiger charge is -2.49. The molecule has 1 N–H and O–H groups in total. The average molecular weight is 224 g/mol. The van der Waals surface area contributed by atoms with Gasteiger partial charge in [-0.1, -0.05) is 13.8 Å². The van der Waals surface area contributed by atoms with Crippen LogP contribution in [0.15, 0.2) is 0 Å². The Labute approximate surface area is 101 Å². The van der Waals surface area contributed by atoms with E-state index in [4.69, 9.17) is 0 Å². The normalized spacial score (nSPS) is 38.6. The highest BCUT2D eigenvalue weighted by Crippen LogP contribution is 2.41. The standard InChI is InChI=1S/C14H28N2/c1-5-11(3)16-10-14(4,12-7-8-12)15-9-13(16)6-2/h11-13,15H,5-10H2,1-4H3. The van der Waals surface area contributed by atoms with Crippen LogP contribution in [0.1, 0.15) is 53.4 Å².